The third kappa shape index (κ3) is 2.34. The molecular formula is C15H21N3. The number of anilines is 1. The Balaban J connectivity index is 2.12. The maximum absolute atomic E-state index is 8.95. The Morgan fingerprint density at radius 1 is 1.28 bits per heavy atom. The first-order valence-electron chi connectivity index (χ1n) is 6.46. The standard InChI is InChI=1S/C15H21N3/c1-17(2)15(8-5-9-15)12-18(3)14-7-4-6-13(10-14)11-16/h4,6-7,10H,5,8-9,12H2,1-3H3. The van der Waals surface area contributed by atoms with Crippen LogP contribution in [0.5, 0.6) is 0 Å². The highest BCUT2D eigenvalue weighted by Gasteiger charge is 2.39. The summed E-state index contributed by atoms with van der Waals surface area (Å²) in [6.45, 7) is 1.02. The molecular weight excluding hydrogens is 222 g/mol. The maximum atomic E-state index is 8.95. The van der Waals surface area contributed by atoms with Gasteiger partial charge < -0.3 is 9.80 Å². The van der Waals surface area contributed by atoms with Gasteiger partial charge in [0.25, 0.3) is 0 Å². The summed E-state index contributed by atoms with van der Waals surface area (Å²) in [4.78, 5) is 4.61. The second-order valence-electron chi connectivity index (χ2n) is 5.49. The Labute approximate surface area is 110 Å². The van der Waals surface area contributed by atoms with E-state index in [1.807, 2.05) is 18.2 Å². The molecule has 1 aromatic carbocycles. The van der Waals surface area contributed by atoms with Gasteiger partial charge >= 0.3 is 0 Å². The molecule has 2 rings (SSSR count). The fourth-order valence-corrected chi connectivity index (χ4v) is 2.68. The molecule has 0 saturated heterocycles. The number of nitrogens with zero attached hydrogens (tertiary/aromatic N) is 3. The highest BCUT2D eigenvalue weighted by Crippen LogP contribution is 2.37. The van der Waals surface area contributed by atoms with Crippen molar-refractivity contribution in [2.24, 2.45) is 0 Å². The zero-order valence-corrected chi connectivity index (χ0v) is 11.5. The lowest BCUT2D eigenvalue weighted by Gasteiger charge is -2.49. The molecule has 96 valence electrons. The molecule has 1 aromatic rings. The van der Waals surface area contributed by atoms with Gasteiger partial charge in [0.05, 0.1) is 11.6 Å². The smallest absolute Gasteiger partial charge is 0.0992 e. The van der Waals surface area contributed by atoms with Gasteiger partial charge in [-0.25, -0.2) is 0 Å². The predicted molar refractivity (Wildman–Crippen MR) is 74.7 cm³/mol. The monoisotopic (exact) mass is 243 g/mol. The largest absolute Gasteiger partial charge is 0.373 e. The van der Waals surface area contributed by atoms with E-state index in [-0.39, 0.29) is 0 Å². The van der Waals surface area contributed by atoms with Crippen LogP contribution in [-0.4, -0.2) is 38.1 Å². The van der Waals surface area contributed by atoms with Crippen LogP contribution < -0.4 is 4.90 Å². The van der Waals surface area contributed by atoms with E-state index in [1.165, 1.54) is 19.3 Å². The first-order chi connectivity index (χ1) is 8.57. The van der Waals surface area contributed by atoms with E-state index < -0.39 is 0 Å². The molecule has 1 saturated carbocycles. The molecule has 0 radical (unpaired) electrons. The van der Waals surface area contributed by atoms with E-state index in [2.05, 4.69) is 43.1 Å². The average molecular weight is 243 g/mol. The van der Waals surface area contributed by atoms with E-state index in [4.69, 9.17) is 5.26 Å². The summed E-state index contributed by atoms with van der Waals surface area (Å²) in [5.41, 5.74) is 2.17. The molecule has 3 nitrogen and oxygen atoms in total. The van der Waals surface area contributed by atoms with Crippen molar-refractivity contribution in [3.8, 4) is 6.07 Å². The molecule has 0 atom stereocenters. The van der Waals surface area contributed by atoms with E-state index in [9.17, 15) is 0 Å². The zero-order valence-electron chi connectivity index (χ0n) is 11.5. The quantitative estimate of drug-likeness (QED) is 0.814. The van der Waals surface area contributed by atoms with Crippen molar-refractivity contribution in [1.29, 1.82) is 5.26 Å². The molecule has 1 aliphatic carbocycles. The van der Waals surface area contributed by atoms with E-state index >= 15 is 0 Å². The van der Waals surface area contributed by atoms with Crippen molar-refractivity contribution >= 4 is 5.69 Å². The van der Waals surface area contributed by atoms with Crippen molar-refractivity contribution < 1.29 is 0 Å². The summed E-state index contributed by atoms with van der Waals surface area (Å²) in [7, 11) is 6.44. The van der Waals surface area contributed by atoms with Gasteiger partial charge in [0.2, 0.25) is 0 Å². The topological polar surface area (TPSA) is 30.3 Å². The number of likely N-dealkylation sites (N-methyl/N-ethyl adjacent to an activating group) is 2. The molecule has 1 fully saturated rings. The molecule has 18 heavy (non-hydrogen) atoms. The summed E-state index contributed by atoms with van der Waals surface area (Å²) >= 11 is 0. The highest BCUT2D eigenvalue weighted by atomic mass is 15.2. The lowest BCUT2D eigenvalue weighted by atomic mass is 9.75. The molecule has 3 heteroatoms. The van der Waals surface area contributed by atoms with Crippen LogP contribution in [0.25, 0.3) is 0 Å². The van der Waals surface area contributed by atoms with Crippen LogP contribution >= 0.6 is 0 Å². The summed E-state index contributed by atoms with van der Waals surface area (Å²) in [6, 6.07) is 10.0. The SMILES string of the molecule is CN(CC1(N(C)C)CCC1)c1cccc(C#N)c1. The first-order valence-corrected chi connectivity index (χ1v) is 6.46. The normalized spacial score (nSPS) is 17.1. The van der Waals surface area contributed by atoms with Crippen molar-refractivity contribution in [3.63, 3.8) is 0 Å². The van der Waals surface area contributed by atoms with Crippen LogP contribution in [0.15, 0.2) is 24.3 Å². The molecule has 1 aliphatic rings. The van der Waals surface area contributed by atoms with Crippen LogP contribution in [-0.2, 0) is 0 Å². The Bertz CT molecular complexity index is 455. The lowest BCUT2D eigenvalue weighted by Crippen LogP contribution is -2.56. The Hall–Kier alpha value is -1.53. The third-order valence-electron chi connectivity index (χ3n) is 4.18. The van der Waals surface area contributed by atoms with Gasteiger partial charge in [-0.1, -0.05) is 6.07 Å². The molecule has 0 aromatic heterocycles. The molecule has 0 aliphatic heterocycles. The summed E-state index contributed by atoms with van der Waals surface area (Å²) in [6.07, 6.45) is 3.86. The number of hydrogen-bond donors (Lipinski definition) is 0. The van der Waals surface area contributed by atoms with E-state index in [0.29, 0.717) is 5.54 Å². The molecule has 0 N–H and O–H groups in total. The summed E-state index contributed by atoms with van der Waals surface area (Å²) in [5, 5.41) is 8.95. The van der Waals surface area contributed by atoms with Gasteiger partial charge in [-0.05, 0) is 51.6 Å². The molecule has 0 spiro atoms. The van der Waals surface area contributed by atoms with Crippen molar-refractivity contribution in [3.05, 3.63) is 29.8 Å². The number of rotatable bonds is 4. The van der Waals surface area contributed by atoms with Gasteiger partial charge in [-0.15, -0.1) is 0 Å². The van der Waals surface area contributed by atoms with Crippen LogP contribution in [0.4, 0.5) is 5.69 Å². The van der Waals surface area contributed by atoms with Crippen LogP contribution in [0, 0.1) is 11.3 Å². The summed E-state index contributed by atoms with van der Waals surface area (Å²) in [5.74, 6) is 0. The third-order valence-corrected chi connectivity index (χ3v) is 4.18. The maximum Gasteiger partial charge on any atom is 0.0992 e. The summed E-state index contributed by atoms with van der Waals surface area (Å²) < 4.78 is 0. The minimum atomic E-state index is 0.317. The second kappa shape index (κ2) is 4.99. The van der Waals surface area contributed by atoms with Gasteiger partial charge in [-0.3, -0.25) is 0 Å². The predicted octanol–water partition coefficient (Wildman–Crippen LogP) is 2.48. The van der Waals surface area contributed by atoms with Crippen LogP contribution in [0.3, 0.4) is 0 Å². The fraction of sp³-hybridized carbons (Fsp3) is 0.533. The number of hydrogen-bond acceptors (Lipinski definition) is 3. The Morgan fingerprint density at radius 3 is 2.50 bits per heavy atom. The molecule has 0 bridgehead atoms. The molecule has 0 amide bonds. The number of benzene rings is 1. The average Bonchev–Trinajstić information content (AvgIpc) is 2.33. The molecule has 0 heterocycles. The first kappa shape index (κ1) is 12.9. The van der Waals surface area contributed by atoms with Crippen molar-refractivity contribution in [2.75, 3.05) is 32.6 Å². The van der Waals surface area contributed by atoms with Gasteiger partial charge in [-0.2, -0.15) is 5.26 Å². The fourth-order valence-electron chi connectivity index (χ4n) is 2.68. The Kier molecular flexibility index (Phi) is 3.58. The van der Waals surface area contributed by atoms with Crippen molar-refractivity contribution in [1.82, 2.24) is 4.90 Å². The van der Waals surface area contributed by atoms with Crippen LogP contribution in [0.2, 0.25) is 0 Å². The zero-order chi connectivity index (χ0) is 13.2. The van der Waals surface area contributed by atoms with Crippen molar-refractivity contribution in [2.45, 2.75) is 24.8 Å². The Morgan fingerprint density at radius 2 is 2.00 bits per heavy atom. The highest BCUT2D eigenvalue weighted by molar-refractivity contribution is 5.51. The minimum Gasteiger partial charge on any atom is -0.373 e. The minimum absolute atomic E-state index is 0.317. The van der Waals surface area contributed by atoms with E-state index in [0.717, 1.165) is 17.8 Å². The number of nitriles is 1. The van der Waals surface area contributed by atoms with Gasteiger partial charge in [0.15, 0.2) is 0 Å². The second-order valence-corrected chi connectivity index (χ2v) is 5.49. The lowest BCUT2D eigenvalue weighted by molar-refractivity contribution is 0.0683. The van der Waals surface area contributed by atoms with Gasteiger partial charge in [0.1, 0.15) is 0 Å². The van der Waals surface area contributed by atoms with Gasteiger partial charge in [0, 0.05) is 24.8 Å². The molecule has 0 unspecified atom stereocenters. The van der Waals surface area contributed by atoms with Crippen LogP contribution in [0.1, 0.15) is 24.8 Å². The van der Waals surface area contributed by atoms with E-state index in [1.54, 1.807) is 0 Å².